The number of methoxy groups -OCH3 is 1. The summed E-state index contributed by atoms with van der Waals surface area (Å²) in [5.41, 5.74) is 2.74. The number of ether oxygens (including phenoxy) is 1. The van der Waals surface area contributed by atoms with Gasteiger partial charge in [0.15, 0.2) is 11.6 Å². The zero-order valence-electron chi connectivity index (χ0n) is 10.6. The molecule has 19 heavy (non-hydrogen) atoms. The minimum atomic E-state index is -0.405. The summed E-state index contributed by atoms with van der Waals surface area (Å²) in [4.78, 5) is 0. The number of rotatable bonds is 3. The largest absolute Gasteiger partial charge is 0.494 e. The molecule has 2 aromatic carbocycles. The van der Waals surface area contributed by atoms with E-state index < -0.39 is 11.2 Å². The monoisotopic (exact) mass is 342 g/mol. The van der Waals surface area contributed by atoms with Crippen molar-refractivity contribution in [1.82, 2.24) is 0 Å². The summed E-state index contributed by atoms with van der Waals surface area (Å²) >= 11 is 9.85. The summed E-state index contributed by atoms with van der Waals surface area (Å²) in [7, 11) is 1.44. The van der Waals surface area contributed by atoms with Crippen LogP contribution in [-0.2, 0) is 0 Å². The predicted octanol–water partition coefficient (Wildman–Crippen LogP) is 5.23. The van der Waals surface area contributed by atoms with Crippen molar-refractivity contribution in [2.75, 3.05) is 7.11 Å². The molecule has 0 saturated heterocycles. The van der Waals surface area contributed by atoms with Gasteiger partial charge in [0.2, 0.25) is 0 Å². The van der Waals surface area contributed by atoms with Gasteiger partial charge in [-0.15, -0.1) is 11.6 Å². The van der Waals surface area contributed by atoms with Crippen molar-refractivity contribution in [3.63, 3.8) is 0 Å². The van der Waals surface area contributed by atoms with Crippen LogP contribution < -0.4 is 4.74 Å². The molecular weight excluding hydrogens is 331 g/mol. The maximum atomic E-state index is 13.7. The van der Waals surface area contributed by atoms with Crippen molar-refractivity contribution in [2.24, 2.45) is 0 Å². The van der Waals surface area contributed by atoms with Crippen LogP contribution in [0.1, 0.15) is 22.1 Å². The molecular formula is C15H13BrClFO. The second kappa shape index (κ2) is 5.93. The smallest absolute Gasteiger partial charge is 0.165 e. The lowest BCUT2D eigenvalue weighted by Gasteiger charge is -2.13. The van der Waals surface area contributed by atoms with E-state index in [4.69, 9.17) is 16.3 Å². The van der Waals surface area contributed by atoms with Gasteiger partial charge in [0.1, 0.15) is 0 Å². The summed E-state index contributed by atoms with van der Waals surface area (Å²) in [6.45, 7) is 1.99. The van der Waals surface area contributed by atoms with Crippen LogP contribution in [0, 0.1) is 12.7 Å². The highest BCUT2D eigenvalue weighted by atomic mass is 79.9. The number of aryl methyl sites for hydroxylation is 1. The van der Waals surface area contributed by atoms with Gasteiger partial charge >= 0.3 is 0 Å². The molecule has 0 saturated carbocycles. The Morgan fingerprint density at radius 1 is 1.16 bits per heavy atom. The molecule has 0 aliphatic rings. The van der Waals surface area contributed by atoms with Crippen molar-refractivity contribution in [3.8, 4) is 5.75 Å². The highest BCUT2D eigenvalue weighted by molar-refractivity contribution is 9.10. The molecule has 100 valence electrons. The average Bonchev–Trinajstić information content (AvgIpc) is 2.36. The summed E-state index contributed by atoms with van der Waals surface area (Å²) in [6, 6.07) is 10.7. The van der Waals surface area contributed by atoms with E-state index in [1.165, 1.54) is 13.2 Å². The highest BCUT2D eigenvalue weighted by Crippen LogP contribution is 2.33. The minimum Gasteiger partial charge on any atom is -0.494 e. The Balaban J connectivity index is 2.38. The first-order valence-electron chi connectivity index (χ1n) is 5.76. The van der Waals surface area contributed by atoms with Gasteiger partial charge in [0.25, 0.3) is 0 Å². The van der Waals surface area contributed by atoms with Gasteiger partial charge in [0.05, 0.1) is 12.5 Å². The van der Waals surface area contributed by atoms with Crippen molar-refractivity contribution in [1.29, 1.82) is 0 Å². The fraction of sp³-hybridized carbons (Fsp3) is 0.200. The van der Waals surface area contributed by atoms with Gasteiger partial charge < -0.3 is 4.74 Å². The minimum absolute atomic E-state index is 0.220. The fourth-order valence-corrected chi connectivity index (χ4v) is 2.83. The van der Waals surface area contributed by atoms with Crippen molar-refractivity contribution in [2.45, 2.75) is 12.3 Å². The van der Waals surface area contributed by atoms with Crippen molar-refractivity contribution in [3.05, 3.63) is 63.4 Å². The van der Waals surface area contributed by atoms with Crippen LogP contribution in [0.15, 0.2) is 40.9 Å². The van der Waals surface area contributed by atoms with E-state index in [1.54, 1.807) is 12.1 Å². The van der Waals surface area contributed by atoms with Crippen LogP contribution in [-0.4, -0.2) is 7.11 Å². The molecule has 4 heteroatoms. The third-order valence-corrected chi connectivity index (χ3v) is 3.79. The number of benzene rings is 2. The maximum Gasteiger partial charge on any atom is 0.165 e. The van der Waals surface area contributed by atoms with Crippen LogP contribution in [0.4, 0.5) is 4.39 Å². The molecule has 0 N–H and O–H groups in total. The third-order valence-electron chi connectivity index (χ3n) is 2.83. The zero-order valence-corrected chi connectivity index (χ0v) is 12.9. The van der Waals surface area contributed by atoms with Gasteiger partial charge in [-0.05, 0) is 47.9 Å². The number of alkyl halides is 1. The lowest BCUT2D eigenvalue weighted by atomic mass is 10.0. The Morgan fingerprint density at radius 2 is 1.89 bits per heavy atom. The fourth-order valence-electron chi connectivity index (χ4n) is 1.94. The Bertz CT molecular complexity index is 580. The molecule has 2 aromatic rings. The lowest BCUT2D eigenvalue weighted by molar-refractivity contribution is 0.386. The molecule has 0 bridgehead atoms. The van der Waals surface area contributed by atoms with Crippen LogP contribution in [0.25, 0.3) is 0 Å². The molecule has 1 unspecified atom stereocenters. The summed E-state index contributed by atoms with van der Waals surface area (Å²) < 4.78 is 19.6. The van der Waals surface area contributed by atoms with Gasteiger partial charge in [0, 0.05) is 4.47 Å². The van der Waals surface area contributed by atoms with Gasteiger partial charge in [-0.1, -0.05) is 28.1 Å². The first kappa shape index (κ1) is 14.4. The Morgan fingerprint density at radius 3 is 2.47 bits per heavy atom. The van der Waals surface area contributed by atoms with Crippen LogP contribution in [0.3, 0.4) is 0 Å². The summed E-state index contributed by atoms with van der Waals surface area (Å²) in [6.07, 6.45) is 0. The zero-order chi connectivity index (χ0) is 14.0. The number of halogens is 3. The van der Waals surface area contributed by atoms with E-state index in [2.05, 4.69) is 15.9 Å². The second-order valence-electron chi connectivity index (χ2n) is 4.32. The Kier molecular flexibility index (Phi) is 4.48. The molecule has 1 nitrogen and oxygen atoms in total. The molecule has 0 aromatic heterocycles. The van der Waals surface area contributed by atoms with E-state index in [9.17, 15) is 4.39 Å². The molecule has 0 radical (unpaired) electrons. The molecule has 0 aliphatic carbocycles. The third kappa shape index (κ3) is 3.28. The standard InChI is InChI=1S/C15H13BrClFO/c1-9-5-11(7-12(16)6-9)15(17)10-3-4-14(19-2)13(18)8-10/h3-8,15H,1-2H3. The highest BCUT2D eigenvalue weighted by Gasteiger charge is 2.14. The molecule has 0 heterocycles. The Hall–Kier alpha value is -1.06. The van der Waals surface area contributed by atoms with E-state index in [1.807, 2.05) is 25.1 Å². The van der Waals surface area contributed by atoms with E-state index >= 15 is 0 Å². The topological polar surface area (TPSA) is 9.23 Å². The Labute approximate surface area is 125 Å². The normalized spacial score (nSPS) is 12.3. The van der Waals surface area contributed by atoms with Crippen molar-refractivity contribution >= 4 is 27.5 Å². The molecule has 2 rings (SSSR count). The van der Waals surface area contributed by atoms with Crippen LogP contribution in [0.5, 0.6) is 5.75 Å². The van der Waals surface area contributed by atoms with E-state index in [0.29, 0.717) is 5.56 Å². The SMILES string of the molecule is COc1ccc(C(Cl)c2cc(C)cc(Br)c2)cc1F. The molecule has 0 amide bonds. The predicted molar refractivity (Wildman–Crippen MR) is 79.5 cm³/mol. The van der Waals surface area contributed by atoms with Gasteiger partial charge in [-0.25, -0.2) is 4.39 Å². The summed E-state index contributed by atoms with van der Waals surface area (Å²) in [5, 5.41) is -0.392. The van der Waals surface area contributed by atoms with Gasteiger partial charge in [-0.3, -0.25) is 0 Å². The molecule has 0 aliphatic heterocycles. The van der Waals surface area contributed by atoms with Crippen LogP contribution >= 0.6 is 27.5 Å². The molecule has 0 spiro atoms. The van der Waals surface area contributed by atoms with Crippen molar-refractivity contribution < 1.29 is 9.13 Å². The first-order valence-corrected chi connectivity index (χ1v) is 6.99. The quantitative estimate of drug-likeness (QED) is 0.693. The maximum absolute atomic E-state index is 13.7. The second-order valence-corrected chi connectivity index (χ2v) is 5.67. The molecule has 0 fully saturated rings. The first-order chi connectivity index (χ1) is 9.01. The van der Waals surface area contributed by atoms with E-state index in [-0.39, 0.29) is 5.75 Å². The van der Waals surface area contributed by atoms with Gasteiger partial charge in [-0.2, -0.15) is 0 Å². The molecule has 1 atom stereocenters. The average molecular weight is 344 g/mol. The number of hydrogen-bond donors (Lipinski definition) is 0. The van der Waals surface area contributed by atoms with E-state index in [0.717, 1.165) is 15.6 Å². The lowest BCUT2D eigenvalue weighted by Crippen LogP contribution is -1.96. The van der Waals surface area contributed by atoms with Crippen LogP contribution in [0.2, 0.25) is 0 Å². The summed E-state index contributed by atoms with van der Waals surface area (Å²) in [5.74, 6) is -0.185. The number of hydrogen-bond acceptors (Lipinski definition) is 1.